The van der Waals surface area contributed by atoms with Gasteiger partial charge in [-0.1, -0.05) is 18.2 Å². The number of nitrogens with one attached hydrogen (secondary N) is 1. The third-order valence-corrected chi connectivity index (χ3v) is 3.05. The first kappa shape index (κ1) is 12.5. The lowest BCUT2D eigenvalue weighted by Crippen LogP contribution is -2.16. The summed E-state index contributed by atoms with van der Waals surface area (Å²) >= 11 is 0. The minimum atomic E-state index is -0.274. The molecule has 3 rings (SSSR count). The van der Waals surface area contributed by atoms with Gasteiger partial charge < -0.3 is 9.73 Å². The second-order valence-electron chi connectivity index (χ2n) is 4.86. The summed E-state index contributed by atoms with van der Waals surface area (Å²) in [5, 5.41) is 7.91. The summed E-state index contributed by atoms with van der Waals surface area (Å²) in [5.74, 6) is 0.678. The van der Waals surface area contributed by atoms with Crippen LogP contribution in [0.3, 0.4) is 0 Å². The van der Waals surface area contributed by atoms with Gasteiger partial charge in [0.1, 0.15) is 11.4 Å². The molecule has 1 amide bonds. The molecule has 0 aliphatic carbocycles. The zero-order chi connectivity index (χ0) is 14.1. The number of carbonyl (C=O) groups is 1. The van der Waals surface area contributed by atoms with Crippen LogP contribution in [-0.2, 0) is 0 Å². The van der Waals surface area contributed by atoms with Crippen molar-refractivity contribution in [1.82, 2.24) is 9.78 Å². The van der Waals surface area contributed by atoms with Gasteiger partial charge in [0.25, 0.3) is 5.91 Å². The summed E-state index contributed by atoms with van der Waals surface area (Å²) < 4.78 is 7.29. The number of anilines is 1. The van der Waals surface area contributed by atoms with Crippen molar-refractivity contribution in [1.29, 1.82) is 0 Å². The molecule has 3 aromatic rings. The van der Waals surface area contributed by atoms with Crippen LogP contribution < -0.4 is 5.32 Å². The van der Waals surface area contributed by atoms with Crippen molar-refractivity contribution < 1.29 is 9.21 Å². The van der Waals surface area contributed by atoms with E-state index in [2.05, 4.69) is 10.4 Å². The lowest BCUT2D eigenvalue weighted by atomic mass is 10.2. The zero-order valence-electron chi connectivity index (χ0n) is 11.3. The zero-order valence-corrected chi connectivity index (χ0v) is 11.3. The topological polar surface area (TPSA) is 60.1 Å². The summed E-state index contributed by atoms with van der Waals surface area (Å²) in [6.07, 6.45) is 1.66. The monoisotopic (exact) mass is 269 g/mol. The third kappa shape index (κ3) is 2.18. The van der Waals surface area contributed by atoms with Gasteiger partial charge >= 0.3 is 0 Å². The van der Waals surface area contributed by atoms with Gasteiger partial charge in [0.2, 0.25) is 0 Å². The molecule has 0 saturated carbocycles. The summed E-state index contributed by atoms with van der Waals surface area (Å²) in [6, 6.07) is 11.2. The van der Waals surface area contributed by atoms with E-state index < -0.39 is 0 Å². The van der Waals surface area contributed by atoms with Crippen LogP contribution in [0.25, 0.3) is 11.0 Å². The van der Waals surface area contributed by atoms with Crippen molar-refractivity contribution in [3.63, 3.8) is 0 Å². The number of furan rings is 1. The maximum absolute atomic E-state index is 12.2. The highest BCUT2D eigenvalue weighted by Crippen LogP contribution is 2.20. The summed E-state index contributed by atoms with van der Waals surface area (Å²) in [5.41, 5.74) is 0.704. The molecule has 102 valence electrons. The number of benzene rings is 1. The number of nitrogens with zero attached hydrogens (tertiary/aromatic N) is 2. The first-order chi connectivity index (χ1) is 9.65. The number of rotatable bonds is 3. The van der Waals surface area contributed by atoms with Gasteiger partial charge in [-0.2, -0.15) is 5.10 Å². The highest BCUT2D eigenvalue weighted by atomic mass is 16.3. The maximum atomic E-state index is 12.2. The van der Waals surface area contributed by atoms with Crippen LogP contribution in [-0.4, -0.2) is 15.7 Å². The van der Waals surface area contributed by atoms with Crippen LogP contribution >= 0.6 is 0 Å². The van der Waals surface area contributed by atoms with Crippen LogP contribution in [0.5, 0.6) is 0 Å². The fourth-order valence-electron chi connectivity index (χ4n) is 2.10. The van der Waals surface area contributed by atoms with Crippen molar-refractivity contribution in [2.75, 3.05) is 5.32 Å². The minimum absolute atomic E-state index is 0.177. The molecule has 5 heteroatoms. The van der Waals surface area contributed by atoms with E-state index >= 15 is 0 Å². The Bertz CT molecular complexity index is 722. The number of amides is 1. The van der Waals surface area contributed by atoms with Gasteiger partial charge in [-0.15, -0.1) is 0 Å². The minimum Gasteiger partial charge on any atom is -0.451 e. The summed E-state index contributed by atoms with van der Waals surface area (Å²) in [7, 11) is 0. The van der Waals surface area contributed by atoms with Crippen molar-refractivity contribution >= 4 is 22.7 Å². The summed E-state index contributed by atoms with van der Waals surface area (Å²) in [4.78, 5) is 12.2. The van der Waals surface area contributed by atoms with Gasteiger partial charge in [0.15, 0.2) is 5.76 Å². The first-order valence-corrected chi connectivity index (χ1v) is 6.48. The lowest BCUT2D eigenvalue weighted by Gasteiger charge is -2.10. The van der Waals surface area contributed by atoms with Crippen LogP contribution in [0.15, 0.2) is 47.0 Å². The number of carbonyl (C=O) groups excluding carboxylic acids is 1. The predicted molar refractivity (Wildman–Crippen MR) is 76.8 cm³/mol. The molecule has 0 aliphatic heterocycles. The van der Waals surface area contributed by atoms with E-state index in [4.69, 9.17) is 4.42 Å². The standard InChI is InChI=1S/C15H15N3O2/c1-10(2)18-14(7-8-16-18)17-15(19)13-9-11-5-3-4-6-12(11)20-13/h3-10H,1-2H3,(H,17,19). The molecule has 0 fully saturated rings. The molecule has 0 radical (unpaired) electrons. The van der Waals surface area contributed by atoms with E-state index in [-0.39, 0.29) is 11.9 Å². The molecular weight excluding hydrogens is 254 g/mol. The molecule has 2 aromatic heterocycles. The van der Waals surface area contributed by atoms with Crippen molar-refractivity contribution in [2.45, 2.75) is 19.9 Å². The van der Waals surface area contributed by atoms with E-state index in [9.17, 15) is 4.79 Å². The van der Waals surface area contributed by atoms with Crippen molar-refractivity contribution in [3.8, 4) is 0 Å². The number of hydrogen-bond acceptors (Lipinski definition) is 3. The molecule has 5 nitrogen and oxygen atoms in total. The van der Waals surface area contributed by atoms with Crippen LogP contribution in [0, 0.1) is 0 Å². The molecule has 1 aromatic carbocycles. The molecule has 20 heavy (non-hydrogen) atoms. The number of aromatic nitrogens is 2. The number of fused-ring (bicyclic) bond motifs is 1. The van der Waals surface area contributed by atoms with Gasteiger partial charge in [-0.3, -0.25) is 4.79 Å². The van der Waals surface area contributed by atoms with Crippen LogP contribution in [0.1, 0.15) is 30.4 Å². The van der Waals surface area contributed by atoms with Gasteiger partial charge in [-0.05, 0) is 26.0 Å². The van der Waals surface area contributed by atoms with Crippen molar-refractivity contribution in [3.05, 3.63) is 48.4 Å². The first-order valence-electron chi connectivity index (χ1n) is 6.48. The Morgan fingerprint density at radius 2 is 2.10 bits per heavy atom. The van der Waals surface area contributed by atoms with Crippen molar-refractivity contribution in [2.24, 2.45) is 0 Å². The van der Waals surface area contributed by atoms with E-state index in [1.807, 2.05) is 38.1 Å². The van der Waals surface area contributed by atoms with E-state index in [1.165, 1.54) is 0 Å². The second kappa shape index (κ2) is 4.85. The average molecular weight is 269 g/mol. The van der Waals surface area contributed by atoms with Gasteiger partial charge in [0.05, 0.1) is 6.20 Å². The lowest BCUT2D eigenvalue weighted by molar-refractivity contribution is 0.0997. The Morgan fingerprint density at radius 1 is 1.30 bits per heavy atom. The fraction of sp³-hybridized carbons (Fsp3) is 0.200. The van der Waals surface area contributed by atoms with E-state index in [0.717, 1.165) is 5.39 Å². The Labute approximate surface area is 116 Å². The third-order valence-electron chi connectivity index (χ3n) is 3.05. The highest BCUT2D eigenvalue weighted by Gasteiger charge is 2.15. The quantitative estimate of drug-likeness (QED) is 0.792. The number of hydrogen-bond donors (Lipinski definition) is 1. The Hall–Kier alpha value is -2.56. The fourth-order valence-corrected chi connectivity index (χ4v) is 2.10. The second-order valence-corrected chi connectivity index (χ2v) is 4.86. The van der Waals surface area contributed by atoms with Crippen LogP contribution in [0.2, 0.25) is 0 Å². The molecule has 0 unspecified atom stereocenters. The molecule has 0 saturated heterocycles. The van der Waals surface area contributed by atoms with E-state index in [0.29, 0.717) is 17.2 Å². The normalized spacial score (nSPS) is 11.2. The molecule has 1 N–H and O–H groups in total. The molecule has 0 bridgehead atoms. The largest absolute Gasteiger partial charge is 0.451 e. The van der Waals surface area contributed by atoms with Crippen LogP contribution in [0.4, 0.5) is 5.82 Å². The molecule has 0 atom stereocenters. The Kier molecular flexibility index (Phi) is 3.02. The molecule has 0 spiro atoms. The summed E-state index contributed by atoms with van der Waals surface area (Å²) in [6.45, 7) is 4.01. The molecule has 2 heterocycles. The molecule has 0 aliphatic rings. The number of para-hydroxylation sites is 1. The Morgan fingerprint density at radius 3 is 2.85 bits per heavy atom. The average Bonchev–Trinajstić information content (AvgIpc) is 3.03. The molecular formula is C15H15N3O2. The Balaban J connectivity index is 1.87. The SMILES string of the molecule is CC(C)n1nccc1NC(=O)c1cc2ccccc2o1. The van der Waals surface area contributed by atoms with E-state index in [1.54, 1.807) is 23.0 Å². The highest BCUT2D eigenvalue weighted by molar-refractivity contribution is 6.04. The van der Waals surface area contributed by atoms with Gasteiger partial charge in [-0.25, -0.2) is 4.68 Å². The predicted octanol–water partition coefficient (Wildman–Crippen LogP) is 3.46. The smallest absolute Gasteiger partial charge is 0.292 e. The van der Waals surface area contributed by atoms with Gasteiger partial charge in [0, 0.05) is 17.5 Å². The maximum Gasteiger partial charge on any atom is 0.292 e.